The first-order valence-corrected chi connectivity index (χ1v) is 4.21. The fourth-order valence-electron chi connectivity index (χ4n) is 0.992. The summed E-state index contributed by atoms with van der Waals surface area (Å²) in [6.45, 7) is 0. The molecule has 0 spiro atoms. The second-order valence-corrected chi connectivity index (χ2v) is 3.26. The minimum Gasteiger partial charge on any atom is -0.434 e. The number of nitrogens with zero attached hydrogens (tertiary/aromatic N) is 1. The molecule has 0 aliphatic heterocycles. The summed E-state index contributed by atoms with van der Waals surface area (Å²) in [7, 11) is 0. The Morgan fingerprint density at radius 3 is 3.00 bits per heavy atom. The highest BCUT2D eigenvalue weighted by molar-refractivity contribution is 9.10. The Morgan fingerprint density at radius 1 is 1.54 bits per heavy atom. The number of carbonyl (C=O) groups is 1. The van der Waals surface area contributed by atoms with Crippen LogP contribution < -0.4 is 0 Å². The second kappa shape index (κ2) is 2.92. The van der Waals surface area contributed by atoms with Crippen LogP contribution in [0.1, 0.15) is 10.7 Å². The zero-order valence-corrected chi connectivity index (χ0v) is 7.84. The van der Waals surface area contributed by atoms with Crippen molar-refractivity contribution >= 4 is 33.3 Å². The largest absolute Gasteiger partial charge is 0.434 e. The molecule has 1 aromatic heterocycles. The van der Waals surface area contributed by atoms with Gasteiger partial charge in [-0.05, 0) is 15.9 Å². The Morgan fingerprint density at radius 2 is 2.31 bits per heavy atom. The number of aldehydes is 1. The number of aromatic nitrogens is 1. The molecule has 0 saturated carbocycles. The van der Waals surface area contributed by atoms with E-state index in [-0.39, 0.29) is 10.4 Å². The van der Waals surface area contributed by atoms with Crippen molar-refractivity contribution in [1.29, 1.82) is 0 Å². The van der Waals surface area contributed by atoms with Gasteiger partial charge >= 0.3 is 0 Å². The third kappa shape index (κ3) is 1.35. The lowest BCUT2D eigenvalue weighted by Crippen LogP contribution is -1.77. The van der Waals surface area contributed by atoms with Crippen LogP contribution in [0.25, 0.3) is 11.1 Å². The summed E-state index contributed by atoms with van der Waals surface area (Å²) < 4.78 is 18.2. The summed E-state index contributed by atoms with van der Waals surface area (Å²) in [6, 6.07) is 2.64. The van der Waals surface area contributed by atoms with E-state index < -0.39 is 5.82 Å². The maximum Gasteiger partial charge on any atom is 0.260 e. The first-order chi connectivity index (χ1) is 6.20. The molecule has 0 radical (unpaired) electrons. The van der Waals surface area contributed by atoms with Gasteiger partial charge in [0.2, 0.25) is 6.29 Å². The maximum atomic E-state index is 12.9. The average Bonchev–Trinajstić information content (AvgIpc) is 2.48. The van der Waals surface area contributed by atoms with Gasteiger partial charge in [0, 0.05) is 12.1 Å². The zero-order valence-electron chi connectivity index (χ0n) is 6.25. The Hall–Kier alpha value is -1.23. The van der Waals surface area contributed by atoms with Crippen molar-refractivity contribution in [2.75, 3.05) is 0 Å². The molecule has 2 rings (SSSR count). The van der Waals surface area contributed by atoms with Crippen LogP contribution in [0.15, 0.2) is 21.0 Å². The summed E-state index contributed by atoms with van der Waals surface area (Å²) in [5, 5.41) is 0. The van der Waals surface area contributed by atoms with E-state index in [0.29, 0.717) is 17.4 Å². The van der Waals surface area contributed by atoms with Crippen molar-refractivity contribution in [1.82, 2.24) is 4.98 Å². The van der Waals surface area contributed by atoms with Gasteiger partial charge in [-0.25, -0.2) is 9.37 Å². The van der Waals surface area contributed by atoms with E-state index in [1.165, 1.54) is 12.1 Å². The van der Waals surface area contributed by atoms with Crippen molar-refractivity contribution in [3.8, 4) is 0 Å². The molecule has 0 amide bonds. The lowest BCUT2D eigenvalue weighted by Gasteiger charge is -1.90. The van der Waals surface area contributed by atoms with Crippen molar-refractivity contribution in [3.05, 3.63) is 28.3 Å². The molecular weight excluding hydrogens is 241 g/mol. The van der Waals surface area contributed by atoms with E-state index >= 15 is 0 Å². The number of halogens is 2. The van der Waals surface area contributed by atoms with E-state index in [1.807, 2.05) is 0 Å². The molecule has 0 saturated heterocycles. The number of fused-ring (bicyclic) bond motifs is 1. The normalized spacial score (nSPS) is 10.6. The Labute approximate surface area is 80.7 Å². The fourth-order valence-corrected chi connectivity index (χ4v) is 1.31. The minimum atomic E-state index is -0.432. The van der Waals surface area contributed by atoms with Crippen LogP contribution >= 0.6 is 15.9 Å². The number of carbonyl (C=O) groups excluding carboxylic acids is 1. The van der Waals surface area contributed by atoms with Gasteiger partial charge < -0.3 is 4.42 Å². The third-order valence-electron chi connectivity index (χ3n) is 1.55. The van der Waals surface area contributed by atoms with Crippen molar-refractivity contribution in [2.45, 2.75) is 0 Å². The predicted octanol–water partition coefficient (Wildman–Crippen LogP) is 2.54. The molecule has 0 bridgehead atoms. The van der Waals surface area contributed by atoms with Crippen LogP contribution in [-0.4, -0.2) is 11.3 Å². The van der Waals surface area contributed by atoms with Gasteiger partial charge in [0.05, 0.1) is 4.47 Å². The molecule has 13 heavy (non-hydrogen) atoms. The van der Waals surface area contributed by atoms with Crippen LogP contribution in [0.2, 0.25) is 0 Å². The average molecular weight is 244 g/mol. The summed E-state index contributed by atoms with van der Waals surface area (Å²) in [5.41, 5.74) is 0.721. The van der Waals surface area contributed by atoms with Crippen molar-refractivity contribution < 1.29 is 13.6 Å². The molecule has 5 heteroatoms. The Kier molecular flexibility index (Phi) is 1.88. The highest BCUT2D eigenvalue weighted by Crippen LogP contribution is 2.23. The van der Waals surface area contributed by atoms with Gasteiger partial charge in [0.1, 0.15) is 11.3 Å². The van der Waals surface area contributed by atoms with E-state index in [9.17, 15) is 9.18 Å². The van der Waals surface area contributed by atoms with Gasteiger partial charge in [-0.15, -0.1) is 0 Å². The van der Waals surface area contributed by atoms with Gasteiger partial charge in [0.25, 0.3) is 5.89 Å². The molecular formula is C8H3BrFNO2. The molecule has 0 N–H and O–H groups in total. The number of hydrogen-bond donors (Lipinski definition) is 0. The molecule has 2 aromatic rings. The topological polar surface area (TPSA) is 43.1 Å². The van der Waals surface area contributed by atoms with Crippen LogP contribution in [0, 0.1) is 5.82 Å². The number of rotatable bonds is 1. The third-order valence-corrected chi connectivity index (χ3v) is 2.16. The van der Waals surface area contributed by atoms with Gasteiger partial charge in [-0.2, -0.15) is 0 Å². The van der Waals surface area contributed by atoms with E-state index in [4.69, 9.17) is 4.42 Å². The number of oxazole rings is 1. The summed E-state index contributed by atoms with van der Waals surface area (Å²) in [4.78, 5) is 14.0. The maximum absolute atomic E-state index is 12.9. The molecule has 1 heterocycles. The first-order valence-electron chi connectivity index (χ1n) is 3.41. The molecule has 0 fully saturated rings. The second-order valence-electron chi connectivity index (χ2n) is 2.40. The van der Waals surface area contributed by atoms with Gasteiger partial charge in [-0.1, -0.05) is 0 Å². The van der Waals surface area contributed by atoms with Crippen LogP contribution in [0.5, 0.6) is 0 Å². The molecule has 0 atom stereocenters. The highest BCUT2D eigenvalue weighted by atomic mass is 79.9. The fraction of sp³-hybridized carbons (Fsp3) is 0. The quantitative estimate of drug-likeness (QED) is 0.724. The first kappa shape index (κ1) is 8.37. The van der Waals surface area contributed by atoms with Gasteiger partial charge in [0.15, 0.2) is 5.58 Å². The van der Waals surface area contributed by atoms with Crippen LogP contribution in [-0.2, 0) is 0 Å². The molecule has 0 aliphatic carbocycles. The lowest BCUT2D eigenvalue weighted by molar-refractivity contribution is 0.109. The van der Waals surface area contributed by atoms with E-state index in [0.717, 1.165) is 0 Å². The summed E-state index contributed by atoms with van der Waals surface area (Å²) in [5.74, 6) is -0.481. The molecule has 0 unspecified atom stereocenters. The van der Waals surface area contributed by atoms with Gasteiger partial charge in [-0.3, -0.25) is 4.79 Å². The highest BCUT2D eigenvalue weighted by Gasteiger charge is 2.08. The van der Waals surface area contributed by atoms with Crippen molar-refractivity contribution in [3.63, 3.8) is 0 Å². The smallest absolute Gasteiger partial charge is 0.260 e. The SMILES string of the molecule is O=Cc1nc2cc(F)c(Br)cc2o1. The Bertz CT molecular complexity index is 441. The summed E-state index contributed by atoms with van der Waals surface area (Å²) >= 11 is 3.00. The number of benzene rings is 1. The van der Waals surface area contributed by atoms with Crippen LogP contribution in [0.3, 0.4) is 0 Å². The Balaban J connectivity index is 2.77. The zero-order chi connectivity index (χ0) is 9.42. The predicted molar refractivity (Wildman–Crippen MR) is 47.1 cm³/mol. The summed E-state index contributed by atoms with van der Waals surface area (Å²) in [6.07, 6.45) is 0.478. The van der Waals surface area contributed by atoms with E-state index in [2.05, 4.69) is 20.9 Å². The molecule has 3 nitrogen and oxygen atoms in total. The monoisotopic (exact) mass is 243 g/mol. The molecule has 0 aliphatic rings. The minimum absolute atomic E-state index is 0.0486. The van der Waals surface area contributed by atoms with E-state index in [1.54, 1.807) is 0 Å². The number of hydrogen-bond acceptors (Lipinski definition) is 3. The molecule has 66 valence electrons. The standard InChI is InChI=1S/C8H3BrFNO2/c9-4-1-7-6(2-5(4)10)11-8(3-12)13-7/h1-3H. The lowest BCUT2D eigenvalue weighted by atomic mass is 10.3. The van der Waals surface area contributed by atoms with Crippen LogP contribution in [0.4, 0.5) is 4.39 Å². The van der Waals surface area contributed by atoms with Crippen molar-refractivity contribution in [2.24, 2.45) is 0 Å². The molecule has 1 aromatic carbocycles.